The zero-order chi connectivity index (χ0) is 11.0. The molecule has 2 heterocycles. The molecule has 3 rings (SSSR count). The van der Waals surface area contributed by atoms with E-state index in [4.69, 9.17) is 21.1 Å². The lowest BCUT2D eigenvalue weighted by Gasteiger charge is -2.29. The summed E-state index contributed by atoms with van der Waals surface area (Å²) in [5.74, 6) is 1.42. The van der Waals surface area contributed by atoms with Gasteiger partial charge in [0.25, 0.3) is 0 Å². The fourth-order valence-electron chi connectivity index (χ4n) is 2.06. The normalized spacial score (nSPS) is 18.9. The van der Waals surface area contributed by atoms with E-state index < -0.39 is 0 Å². The second-order valence-electron chi connectivity index (χ2n) is 3.90. The highest BCUT2D eigenvalue weighted by molar-refractivity contribution is 6.32. The van der Waals surface area contributed by atoms with Crippen LogP contribution in [0, 0.1) is 0 Å². The van der Waals surface area contributed by atoms with E-state index in [0.29, 0.717) is 10.8 Å². The molecule has 0 unspecified atom stereocenters. The lowest BCUT2D eigenvalue weighted by Crippen LogP contribution is -2.43. The second kappa shape index (κ2) is 4.03. The minimum atomic E-state index is 0.264. The lowest BCUT2D eigenvalue weighted by atomic mass is 10.2. The van der Waals surface area contributed by atoms with Gasteiger partial charge in [-0.15, -0.1) is 0 Å². The average Bonchev–Trinajstić information content (AvgIpc) is 2.79. The molecule has 1 saturated heterocycles. The summed E-state index contributed by atoms with van der Waals surface area (Å²) in [4.78, 5) is 2.30. The number of halogens is 1. The molecule has 4 nitrogen and oxygen atoms in total. The summed E-state index contributed by atoms with van der Waals surface area (Å²) in [6.07, 6.45) is 0. The van der Waals surface area contributed by atoms with Crippen molar-refractivity contribution in [2.45, 2.75) is 0 Å². The van der Waals surface area contributed by atoms with E-state index in [0.717, 1.165) is 37.6 Å². The Hall–Kier alpha value is -1.13. The van der Waals surface area contributed by atoms with Crippen LogP contribution in [-0.2, 0) is 0 Å². The summed E-state index contributed by atoms with van der Waals surface area (Å²) in [6.45, 7) is 4.27. The predicted molar refractivity (Wildman–Crippen MR) is 62.7 cm³/mol. The van der Waals surface area contributed by atoms with Gasteiger partial charge in [0.05, 0.1) is 5.02 Å². The fourth-order valence-corrected chi connectivity index (χ4v) is 2.32. The van der Waals surface area contributed by atoms with Crippen molar-refractivity contribution in [3.05, 3.63) is 17.2 Å². The van der Waals surface area contributed by atoms with Gasteiger partial charge in [0.1, 0.15) is 0 Å². The Kier molecular flexibility index (Phi) is 2.53. The van der Waals surface area contributed by atoms with Crippen molar-refractivity contribution in [3.8, 4) is 11.5 Å². The third-order valence-corrected chi connectivity index (χ3v) is 3.17. The smallest absolute Gasteiger partial charge is 0.231 e. The first kappa shape index (κ1) is 10.1. The van der Waals surface area contributed by atoms with Crippen molar-refractivity contribution in [2.75, 3.05) is 37.9 Å². The average molecular weight is 241 g/mol. The topological polar surface area (TPSA) is 33.7 Å². The molecule has 0 radical (unpaired) electrons. The number of benzene rings is 1. The molecule has 2 aliphatic heterocycles. The van der Waals surface area contributed by atoms with Gasteiger partial charge in [-0.2, -0.15) is 0 Å². The van der Waals surface area contributed by atoms with Crippen molar-refractivity contribution < 1.29 is 9.47 Å². The van der Waals surface area contributed by atoms with Gasteiger partial charge in [-0.05, 0) is 6.07 Å². The number of rotatable bonds is 1. The second-order valence-corrected chi connectivity index (χ2v) is 4.31. The summed E-state index contributed by atoms with van der Waals surface area (Å²) in [5.41, 5.74) is 1.11. The molecular weight excluding hydrogens is 228 g/mol. The van der Waals surface area contributed by atoms with E-state index in [1.165, 1.54) is 0 Å². The number of fused-ring (bicyclic) bond motifs is 1. The van der Waals surface area contributed by atoms with Crippen LogP contribution in [-0.4, -0.2) is 33.0 Å². The molecule has 1 aromatic rings. The van der Waals surface area contributed by atoms with Gasteiger partial charge in [-0.25, -0.2) is 0 Å². The van der Waals surface area contributed by atoms with Crippen LogP contribution in [0.25, 0.3) is 0 Å². The quantitative estimate of drug-likeness (QED) is 0.806. The van der Waals surface area contributed by atoms with E-state index in [-0.39, 0.29) is 6.79 Å². The molecule has 0 spiro atoms. The minimum absolute atomic E-state index is 0.264. The summed E-state index contributed by atoms with van der Waals surface area (Å²) < 4.78 is 10.6. The highest BCUT2D eigenvalue weighted by atomic mass is 35.5. The van der Waals surface area contributed by atoms with Crippen molar-refractivity contribution in [2.24, 2.45) is 0 Å². The van der Waals surface area contributed by atoms with Gasteiger partial charge < -0.3 is 19.7 Å². The predicted octanol–water partition coefficient (Wildman–Crippen LogP) is 1.48. The molecule has 1 N–H and O–H groups in total. The highest BCUT2D eigenvalue weighted by Gasteiger charge is 2.20. The molecule has 1 aromatic carbocycles. The van der Waals surface area contributed by atoms with Crippen LogP contribution in [0.3, 0.4) is 0 Å². The van der Waals surface area contributed by atoms with E-state index in [2.05, 4.69) is 10.2 Å². The van der Waals surface area contributed by atoms with E-state index >= 15 is 0 Å². The van der Waals surface area contributed by atoms with Crippen molar-refractivity contribution in [1.82, 2.24) is 5.32 Å². The number of anilines is 1. The summed E-state index contributed by atoms with van der Waals surface area (Å²) in [5, 5.41) is 3.95. The Bertz CT molecular complexity index is 405. The molecule has 86 valence electrons. The third-order valence-electron chi connectivity index (χ3n) is 2.89. The molecule has 0 aromatic heterocycles. The molecule has 0 atom stereocenters. The van der Waals surface area contributed by atoms with E-state index in [9.17, 15) is 0 Å². The number of ether oxygens (including phenoxy) is 2. The van der Waals surface area contributed by atoms with Crippen LogP contribution in [0.15, 0.2) is 12.1 Å². The number of hydrogen-bond donors (Lipinski definition) is 1. The molecule has 1 fully saturated rings. The molecule has 0 aliphatic carbocycles. The maximum Gasteiger partial charge on any atom is 0.231 e. The molecule has 0 amide bonds. The van der Waals surface area contributed by atoms with Crippen molar-refractivity contribution >= 4 is 17.3 Å². The van der Waals surface area contributed by atoms with Crippen LogP contribution in [0.2, 0.25) is 5.02 Å². The first-order valence-electron chi connectivity index (χ1n) is 5.39. The first-order chi connectivity index (χ1) is 7.84. The van der Waals surface area contributed by atoms with Gasteiger partial charge in [0.15, 0.2) is 11.5 Å². The van der Waals surface area contributed by atoms with E-state index in [1.54, 1.807) is 0 Å². The van der Waals surface area contributed by atoms with Crippen LogP contribution >= 0.6 is 11.6 Å². The Labute approximate surface area is 99.1 Å². The SMILES string of the molecule is Clc1cc(N2CCNCC2)cc2c1OCO2. The molecule has 0 saturated carbocycles. The first-order valence-corrected chi connectivity index (χ1v) is 5.77. The summed E-state index contributed by atoms with van der Waals surface area (Å²) >= 11 is 6.15. The Morgan fingerprint density at radius 3 is 2.81 bits per heavy atom. The van der Waals surface area contributed by atoms with Crippen molar-refractivity contribution in [1.29, 1.82) is 0 Å². The summed E-state index contributed by atoms with van der Waals surface area (Å²) in [7, 11) is 0. The van der Waals surface area contributed by atoms with Gasteiger partial charge in [-0.3, -0.25) is 0 Å². The lowest BCUT2D eigenvalue weighted by molar-refractivity contribution is 0.174. The van der Waals surface area contributed by atoms with Crippen LogP contribution in [0.1, 0.15) is 0 Å². The number of nitrogens with one attached hydrogen (secondary N) is 1. The Morgan fingerprint density at radius 1 is 1.19 bits per heavy atom. The maximum atomic E-state index is 6.15. The molecule has 16 heavy (non-hydrogen) atoms. The zero-order valence-electron chi connectivity index (χ0n) is 8.83. The fraction of sp³-hybridized carbons (Fsp3) is 0.455. The van der Waals surface area contributed by atoms with Crippen LogP contribution in [0.4, 0.5) is 5.69 Å². The Morgan fingerprint density at radius 2 is 2.00 bits per heavy atom. The molecular formula is C11H13ClN2O2. The Balaban J connectivity index is 1.92. The summed E-state index contributed by atoms with van der Waals surface area (Å²) in [6, 6.07) is 3.94. The van der Waals surface area contributed by atoms with E-state index in [1.807, 2.05) is 12.1 Å². The maximum absolute atomic E-state index is 6.15. The number of hydrogen-bond acceptors (Lipinski definition) is 4. The van der Waals surface area contributed by atoms with Crippen molar-refractivity contribution in [3.63, 3.8) is 0 Å². The highest BCUT2D eigenvalue weighted by Crippen LogP contribution is 2.42. The molecule has 0 bridgehead atoms. The van der Waals surface area contributed by atoms with Crippen LogP contribution in [0.5, 0.6) is 11.5 Å². The minimum Gasteiger partial charge on any atom is -0.453 e. The van der Waals surface area contributed by atoms with Gasteiger partial charge >= 0.3 is 0 Å². The van der Waals surface area contributed by atoms with Gasteiger partial charge in [0.2, 0.25) is 6.79 Å². The van der Waals surface area contributed by atoms with Crippen LogP contribution < -0.4 is 19.7 Å². The standard InChI is InChI=1S/C11H13ClN2O2/c12-9-5-8(14-3-1-13-2-4-14)6-10-11(9)16-7-15-10/h5-6,13H,1-4,7H2. The largest absolute Gasteiger partial charge is 0.453 e. The van der Waals surface area contributed by atoms with Gasteiger partial charge in [-0.1, -0.05) is 11.6 Å². The number of piperazine rings is 1. The van der Waals surface area contributed by atoms with Gasteiger partial charge in [0, 0.05) is 37.9 Å². The molecule has 5 heteroatoms. The molecule has 2 aliphatic rings. The number of nitrogens with zero attached hydrogens (tertiary/aromatic N) is 1. The zero-order valence-corrected chi connectivity index (χ0v) is 9.59. The monoisotopic (exact) mass is 240 g/mol. The third kappa shape index (κ3) is 1.68.